The van der Waals surface area contributed by atoms with Crippen molar-refractivity contribution < 1.29 is 22.8 Å². The summed E-state index contributed by atoms with van der Waals surface area (Å²) in [6.45, 7) is 3.17. The van der Waals surface area contributed by atoms with E-state index < -0.39 is 42.4 Å². The Bertz CT molecular complexity index is 944. The number of carbonyl (C=O) groups excluding carboxylic acids is 2. The van der Waals surface area contributed by atoms with Gasteiger partial charge in [0.05, 0.1) is 12.1 Å². The molecule has 2 amide bonds. The summed E-state index contributed by atoms with van der Waals surface area (Å²) in [5, 5.41) is 11.3. The zero-order valence-corrected chi connectivity index (χ0v) is 19.2. The van der Waals surface area contributed by atoms with Crippen LogP contribution in [0.15, 0.2) is 24.3 Å². The number of benzene rings is 1. The number of carbonyl (C=O) groups is 2. The third-order valence-electron chi connectivity index (χ3n) is 7.34. The fourth-order valence-electron chi connectivity index (χ4n) is 5.16. The fourth-order valence-corrected chi connectivity index (χ4v) is 5.16. The van der Waals surface area contributed by atoms with Crippen molar-refractivity contribution >= 4 is 11.8 Å². The topological polar surface area (TPSA) is 76.4 Å². The highest BCUT2D eigenvalue weighted by Gasteiger charge is 2.48. The first-order valence-electron chi connectivity index (χ1n) is 12.0. The molecular formula is C25H31F3N4O2. The largest absolute Gasteiger partial charge is 0.328 e. The smallest absolute Gasteiger partial charge is 0.318 e. The SMILES string of the molecule is N#CCCC(=O)[C@H](CC(F)(F)Cc1ccccc1F)NC(=O)N1CC2(CCN(C3CC3)CC2)C1. The average Bonchev–Trinajstić information content (AvgIpc) is 3.62. The van der Waals surface area contributed by atoms with Crippen LogP contribution < -0.4 is 5.32 Å². The van der Waals surface area contributed by atoms with Crippen LogP contribution in [0.3, 0.4) is 0 Å². The standard InChI is InChI=1S/C25H31F3N4O2/c26-20-5-2-1-4-18(20)14-25(27,28)15-21(22(33)6-3-11-29)30-23(34)32-16-24(17-32)9-12-31(13-10-24)19-7-8-19/h1-2,4-5,19,21H,3,6-10,12-17H2,(H,30,34)/t21-/m0/s1. The summed E-state index contributed by atoms with van der Waals surface area (Å²) in [7, 11) is 0. The molecule has 0 unspecified atom stereocenters. The third-order valence-corrected chi connectivity index (χ3v) is 7.34. The highest BCUT2D eigenvalue weighted by molar-refractivity contribution is 5.89. The number of Topliss-reactive ketones (excluding diaryl/α,β-unsaturated/α-hetero) is 1. The molecule has 4 rings (SSSR count). The van der Waals surface area contributed by atoms with Gasteiger partial charge < -0.3 is 15.1 Å². The first kappa shape index (κ1) is 24.5. The number of rotatable bonds is 9. The predicted octanol–water partition coefficient (Wildman–Crippen LogP) is 3.90. The summed E-state index contributed by atoms with van der Waals surface area (Å²) in [6.07, 6.45) is 2.41. The summed E-state index contributed by atoms with van der Waals surface area (Å²) in [5.74, 6) is -4.76. The Hall–Kier alpha value is -2.60. The van der Waals surface area contributed by atoms with Gasteiger partial charge >= 0.3 is 6.03 Å². The number of piperidine rings is 1. The van der Waals surface area contributed by atoms with Gasteiger partial charge in [-0.15, -0.1) is 0 Å². The van der Waals surface area contributed by atoms with Crippen LogP contribution in [-0.2, 0) is 11.2 Å². The van der Waals surface area contributed by atoms with Crippen molar-refractivity contribution in [2.24, 2.45) is 5.41 Å². The quantitative estimate of drug-likeness (QED) is 0.587. The number of urea groups is 1. The molecule has 2 heterocycles. The number of likely N-dealkylation sites (tertiary alicyclic amines) is 2. The van der Waals surface area contributed by atoms with Crippen LogP contribution in [0.2, 0.25) is 0 Å². The number of nitrogens with zero attached hydrogens (tertiary/aromatic N) is 3. The number of halogens is 3. The van der Waals surface area contributed by atoms with Crippen LogP contribution >= 0.6 is 0 Å². The van der Waals surface area contributed by atoms with Gasteiger partial charge in [0, 0.05) is 50.2 Å². The molecule has 2 saturated heterocycles. The lowest BCUT2D eigenvalue weighted by atomic mass is 9.72. The van der Waals surface area contributed by atoms with Gasteiger partial charge in [-0.3, -0.25) is 4.79 Å². The lowest BCUT2D eigenvalue weighted by Crippen LogP contribution is -2.65. The predicted molar refractivity (Wildman–Crippen MR) is 120 cm³/mol. The molecule has 6 nitrogen and oxygen atoms in total. The molecule has 1 spiro atoms. The van der Waals surface area contributed by atoms with E-state index in [1.807, 2.05) is 6.07 Å². The minimum absolute atomic E-state index is 0.0812. The van der Waals surface area contributed by atoms with Crippen LogP contribution in [0.1, 0.15) is 50.5 Å². The Labute approximate surface area is 198 Å². The molecule has 1 aromatic carbocycles. The second kappa shape index (κ2) is 9.95. The van der Waals surface area contributed by atoms with Crippen molar-refractivity contribution in [3.8, 4) is 6.07 Å². The van der Waals surface area contributed by atoms with Gasteiger partial charge in [0.25, 0.3) is 5.92 Å². The molecule has 0 radical (unpaired) electrons. The zero-order chi connectivity index (χ0) is 24.3. The van der Waals surface area contributed by atoms with E-state index in [0.29, 0.717) is 13.1 Å². The summed E-state index contributed by atoms with van der Waals surface area (Å²) in [4.78, 5) is 29.5. The molecule has 1 aliphatic carbocycles. The molecule has 3 aliphatic rings. The fraction of sp³-hybridized carbons (Fsp3) is 0.640. The Balaban J connectivity index is 1.34. The molecule has 1 N–H and O–H groups in total. The normalized spacial score (nSPS) is 20.9. The van der Waals surface area contributed by atoms with Crippen molar-refractivity contribution in [2.75, 3.05) is 26.2 Å². The molecule has 0 aromatic heterocycles. The van der Waals surface area contributed by atoms with Crippen molar-refractivity contribution in [1.82, 2.24) is 15.1 Å². The van der Waals surface area contributed by atoms with E-state index >= 15 is 0 Å². The second-order valence-corrected chi connectivity index (χ2v) is 10.1. The molecule has 2 aliphatic heterocycles. The Kier molecular flexibility index (Phi) is 7.17. The van der Waals surface area contributed by atoms with Gasteiger partial charge in [-0.2, -0.15) is 5.26 Å². The molecular weight excluding hydrogens is 445 g/mol. The highest BCUT2D eigenvalue weighted by atomic mass is 19.3. The maximum absolute atomic E-state index is 14.8. The maximum Gasteiger partial charge on any atom is 0.318 e. The van der Waals surface area contributed by atoms with Crippen molar-refractivity contribution in [2.45, 2.75) is 69.4 Å². The Morgan fingerprint density at radius 2 is 1.88 bits per heavy atom. The molecule has 9 heteroatoms. The van der Waals surface area contributed by atoms with E-state index in [1.165, 1.54) is 31.0 Å². The van der Waals surface area contributed by atoms with Crippen LogP contribution in [0.4, 0.5) is 18.0 Å². The number of alkyl halides is 2. The van der Waals surface area contributed by atoms with Crippen LogP contribution in [-0.4, -0.2) is 65.8 Å². The Morgan fingerprint density at radius 1 is 1.21 bits per heavy atom. The van der Waals surface area contributed by atoms with Gasteiger partial charge in [-0.05, 0) is 50.4 Å². The number of hydrogen-bond acceptors (Lipinski definition) is 4. The van der Waals surface area contributed by atoms with Crippen molar-refractivity contribution in [3.05, 3.63) is 35.6 Å². The van der Waals surface area contributed by atoms with E-state index in [9.17, 15) is 22.8 Å². The zero-order valence-electron chi connectivity index (χ0n) is 19.2. The van der Waals surface area contributed by atoms with Crippen LogP contribution in [0.25, 0.3) is 0 Å². The summed E-state index contributed by atoms with van der Waals surface area (Å²) in [6, 6.07) is 5.87. The van der Waals surface area contributed by atoms with E-state index in [-0.39, 0.29) is 23.8 Å². The summed E-state index contributed by atoms with van der Waals surface area (Å²) in [5.41, 5.74) is -0.0677. The lowest BCUT2D eigenvalue weighted by molar-refractivity contribution is -0.123. The molecule has 0 bridgehead atoms. The van der Waals surface area contributed by atoms with E-state index in [2.05, 4.69) is 10.2 Å². The van der Waals surface area contributed by atoms with Crippen molar-refractivity contribution in [3.63, 3.8) is 0 Å². The molecule has 184 valence electrons. The number of amides is 2. The van der Waals surface area contributed by atoms with Crippen LogP contribution in [0.5, 0.6) is 0 Å². The molecule has 34 heavy (non-hydrogen) atoms. The average molecular weight is 477 g/mol. The van der Waals surface area contributed by atoms with Gasteiger partial charge in [-0.25, -0.2) is 18.0 Å². The number of hydrogen-bond donors (Lipinski definition) is 1. The minimum atomic E-state index is -3.41. The van der Waals surface area contributed by atoms with E-state index in [4.69, 9.17) is 5.26 Å². The third kappa shape index (κ3) is 5.90. The van der Waals surface area contributed by atoms with Crippen molar-refractivity contribution in [1.29, 1.82) is 5.26 Å². The molecule has 3 fully saturated rings. The maximum atomic E-state index is 14.8. The number of ketones is 1. The number of nitrogens with one attached hydrogen (secondary N) is 1. The van der Waals surface area contributed by atoms with Gasteiger partial charge in [0.15, 0.2) is 5.78 Å². The number of nitriles is 1. The molecule has 1 saturated carbocycles. The first-order chi connectivity index (χ1) is 16.2. The first-order valence-corrected chi connectivity index (χ1v) is 12.0. The summed E-state index contributed by atoms with van der Waals surface area (Å²) < 4.78 is 43.5. The van der Waals surface area contributed by atoms with Gasteiger partial charge in [-0.1, -0.05) is 18.2 Å². The van der Waals surface area contributed by atoms with Crippen LogP contribution in [0, 0.1) is 22.6 Å². The van der Waals surface area contributed by atoms with E-state index in [1.54, 1.807) is 4.90 Å². The lowest BCUT2D eigenvalue weighted by Gasteiger charge is -2.54. The second-order valence-electron chi connectivity index (χ2n) is 10.1. The van der Waals surface area contributed by atoms with Gasteiger partial charge in [0.1, 0.15) is 5.82 Å². The van der Waals surface area contributed by atoms with E-state index in [0.717, 1.165) is 38.0 Å². The highest BCUT2D eigenvalue weighted by Crippen LogP contribution is 2.42. The molecule has 1 aromatic rings. The monoisotopic (exact) mass is 476 g/mol. The minimum Gasteiger partial charge on any atom is -0.328 e. The Morgan fingerprint density at radius 3 is 2.50 bits per heavy atom. The summed E-state index contributed by atoms with van der Waals surface area (Å²) >= 11 is 0. The molecule has 1 atom stereocenters. The van der Waals surface area contributed by atoms with Gasteiger partial charge in [0.2, 0.25) is 0 Å².